The number of nitrogen functional groups attached to an aromatic ring is 1. The van der Waals surface area contributed by atoms with Gasteiger partial charge < -0.3 is 25.8 Å². The number of alkyl halides is 3. The molecule has 1 aromatic heterocycles. The highest BCUT2D eigenvalue weighted by Gasteiger charge is 2.37. The van der Waals surface area contributed by atoms with E-state index in [-0.39, 0.29) is 47.0 Å². The summed E-state index contributed by atoms with van der Waals surface area (Å²) in [6.45, 7) is 3.97. The number of anilines is 1. The predicted molar refractivity (Wildman–Crippen MR) is 175 cm³/mol. The summed E-state index contributed by atoms with van der Waals surface area (Å²) in [4.78, 5) is 46.9. The lowest BCUT2D eigenvalue weighted by Crippen LogP contribution is -2.46. The number of imidazole rings is 1. The minimum atomic E-state index is -4.72. The van der Waals surface area contributed by atoms with Crippen LogP contribution in [0.15, 0.2) is 41.2 Å². The quantitative estimate of drug-likeness (QED) is 0.297. The van der Waals surface area contributed by atoms with Crippen molar-refractivity contribution >= 4 is 40.1 Å². The molecule has 6 rings (SSSR count). The van der Waals surface area contributed by atoms with Crippen LogP contribution in [0.1, 0.15) is 62.1 Å². The lowest BCUT2D eigenvalue weighted by Gasteiger charge is -2.39. The second kappa shape index (κ2) is 13.9. The number of nitrogens with zero attached hydrogens (tertiary/aromatic N) is 3. The van der Waals surface area contributed by atoms with Crippen molar-refractivity contribution in [3.63, 3.8) is 0 Å². The fourth-order valence-electron chi connectivity index (χ4n) is 7.87. The predicted octanol–water partition coefficient (Wildman–Crippen LogP) is 5.23. The molecule has 47 heavy (non-hydrogen) atoms. The molecule has 3 saturated heterocycles. The summed E-state index contributed by atoms with van der Waals surface area (Å²) in [5.74, 6) is -0.129. The Morgan fingerprint density at radius 2 is 1.57 bits per heavy atom. The topological polar surface area (TPSA) is 116 Å². The fraction of sp³-hybridized carbons (Fsp3) is 0.559. The van der Waals surface area contributed by atoms with E-state index in [4.69, 9.17) is 17.3 Å². The van der Waals surface area contributed by atoms with Crippen molar-refractivity contribution in [1.82, 2.24) is 24.7 Å². The van der Waals surface area contributed by atoms with E-state index in [0.717, 1.165) is 55.9 Å². The van der Waals surface area contributed by atoms with E-state index >= 15 is 0 Å². The molecule has 254 valence electrons. The molecule has 3 aromatic rings. The number of halogens is 4. The Morgan fingerprint density at radius 3 is 2.26 bits per heavy atom. The van der Waals surface area contributed by atoms with E-state index < -0.39 is 23.3 Å². The Kier molecular flexibility index (Phi) is 9.89. The van der Waals surface area contributed by atoms with Gasteiger partial charge in [-0.3, -0.25) is 14.2 Å². The first-order chi connectivity index (χ1) is 22.5. The molecule has 9 nitrogen and oxygen atoms in total. The highest BCUT2D eigenvalue weighted by Crippen LogP contribution is 2.39. The van der Waals surface area contributed by atoms with Crippen molar-refractivity contribution in [2.45, 2.75) is 63.6 Å². The molecule has 0 bridgehead atoms. The zero-order chi connectivity index (χ0) is 33.3. The van der Waals surface area contributed by atoms with E-state index in [1.807, 2.05) is 24.3 Å². The van der Waals surface area contributed by atoms with Gasteiger partial charge in [-0.25, -0.2) is 4.79 Å². The number of aromatic amines is 1. The number of piperidine rings is 3. The van der Waals surface area contributed by atoms with Gasteiger partial charge in [0.2, 0.25) is 11.8 Å². The molecule has 0 spiro atoms. The van der Waals surface area contributed by atoms with Crippen molar-refractivity contribution in [3.05, 3.63) is 63.0 Å². The Balaban J connectivity index is 1.16. The van der Waals surface area contributed by atoms with E-state index in [9.17, 15) is 27.6 Å². The molecular weight excluding hydrogens is 633 g/mol. The molecule has 3 aliphatic rings. The third-order valence-electron chi connectivity index (χ3n) is 10.5. The molecule has 4 N–H and O–H groups in total. The fourth-order valence-corrected chi connectivity index (χ4v) is 8.11. The van der Waals surface area contributed by atoms with Crippen LogP contribution in [0.5, 0.6) is 0 Å². The molecule has 4 heterocycles. The van der Waals surface area contributed by atoms with Crippen LogP contribution >= 0.6 is 11.6 Å². The van der Waals surface area contributed by atoms with E-state index in [1.165, 1.54) is 6.07 Å². The summed E-state index contributed by atoms with van der Waals surface area (Å²) in [6.07, 6.45) is 0.233. The van der Waals surface area contributed by atoms with Gasteiger partial charge in [0.05, 0.1) is 33.2 Å². The maximum Gasteiger partial charge on any atom is 0.418 e. The lowest BCUT2D eigenvalue weighted by atomic mass is 9.79. The minimum Gasteiger partial charge on any atom is -0.397 e. The number of likely N-dealkylation sites (tertiary alicyclic amines) is 2. The highest BCUT2D eigenvalue weighted by molar-refractivity contribution is 6.33. The van der Waals surface area contributed by atoms with Crippen LogP contribution in [0.4, 0.5) is 18.9 Å². The number of nitrogens with two attached hydrogens (primary N) is 1. The third kappa shape index (κ3) is 7.33. The second-order valence-electron chi connectivity index (χ2n) is 13.3. The number of para-hydroxylation sites is 2. The molecule has 0 saturated carbocycles. The number of carbonyl (C=O) groups is 2. The van der Waals surface area contributed by atoms with Gasteiger partial charge >= 0.3 is 11.9 Å². The molecule has 0 radical (unpaired) electrons. The maximum absolute atomic E-state index is 14.0. The smallest absolute Gasteiger partial charge is 0.397 e. The monoisotopic (exact) mass is 674 g/mol. The van der Waals surface area contributed by atoms with Crippen LogP contribution in [-0.4, -0.2) is 70.4 Å². The number of carbonyl (C=O) groups excluding carboxylic acids is 2. The summed E-state index contributed by atoms with van der Waals surface area (Å²) in [5, 5.41) is 3.17. The highest BCUT2D eigenvalue weighted by atomic mass is 35.5. The number of fused-ring (bicyclic) bond motifs is 1. The van der Waals surface area contributed by atoms with Crippen LogP contribution in [-0.2, 0) is 22.2 Å². The van der Waals surface area contributed by atoms with Crippen molar-refractivity contribution in [2.24, 2.45) is 17.8 Å². The number of H-pyrrole nitrogens is 1. The van der Waals surface area contributed by atoms with E-state index in [1.54, 1.807) is 14.4 Å². The van der Waals surface area contributed by atoms with Gasteiger partial charge in [-0.05, 0) is 99.7 Å². The summed E-state index contributed by atoms with van der Waals surface area (Å²) in [7, 11) is 0. The first-order valence-electron chi connectivity index (χ1n) is 16.6. The van der Waals surface area contributed by atoms with Crippen molar-refractivity contribution in [1.29, 1.82) is 0 Å². The first kappa shape index (κ1) is 33.4. The number of hydrogen-bond acceptors (Lipinski definition) is 5. The summed E-state index contributed by atoms with van der Waals surface area (Å²) >= 11 is 6.13. The average Bonchev–Trinajstić information content (AvgIpc) is 3.41. The first-order valence-corrected chi connectivity index (χ1v) is 17.0. The molecule has 1 atom stereocenters. The normalized spacial score (nSPS) is 19.7. The summed E-state index contributed by atoms with van der Waals surface area (Å²) in [5.41, 5.74) is 5.66. The number of rotatable bonds is 7. The van der Waals surface area contributed by atoms with Gasteiger partial charge in [-0.2, -0.15) is 13.2 Å². The lowest BCUT2D eigenvalue weighted by molar-refractivity contribution is -0.143. The molecule has 0 aliphatic carbocycles. The standard InChI is InChI=1S/C34H42ClF3N6O3/c35-27-19-21(18-26(31(27)39)34(36,37)38)17-24(32(46)43-13-7-23(8-14-43)22-5-11-40-12-6-22)20-30(45)42-15-9-25(10-16-42)44-29-4-2-1-3-28(29)41-33(44)47/h1-4,18-19,22-25,40H,5-17,20,39H2,(H,41,47)/t24-/m0/s1. The van der Waals surface area contributed by atoms with Gasteiger partial charge in [0.1, 0.15) is 0 Å². The Morgan fingerprint density at radius 1 is 0.936 bits per heavy atom. The van der Waals surface area contributed by atoms with Gasteiger partial charge in [0.25, 0.3) is 0 Å². The van der Waals surface area contributed by atoms with Crippen molar-refractivity contribution in [2.75, 3.05) is 45.0 Å². The Labute approximate surface area is 276 Å². The van der Waals surface area contributed by atoms with Gasteiger partial charge in [0.15, 0.2) is 0 Å². The van der Waals surface area contributed by atoms with Crippen LogP contribution in [0.3, 0.4) is 0 Å². The number of nitrogens with one attached hydrogen (secondary N) is 2. The number of amides is 2. The third-order valence-corrected chi connectivity index (χ3v) is 10.8. The van der Waals surface area contributed by atoms with Gasteiger partial charge in [0, 0.05) is 38.6 Å². The SMILES string of the molecule is Nc1c(Cl)cc(C[C@@H](CC(=O)N2CCC(n3c(=O)[nH]c4ccccc43)CC2)C(=O)N2CCC(C3CCNCC3)CC2)cc1C(F)(F)F. The van der Waals surface area contributed by atoms with Crippen LogP contribution in [0.25, 0.3) is 11.0 Å². The van der Waals surface area contributed by atoms with E-state index in [2.05, 4.69) is 10.3 Å². The van der Waals surface area contributed by atoms with Gasteiger partial charge in [-0.15, -0.1) is 0 Å². The number of benzene rings is 2. The molecule has 2 amide bonds. The van der Waals surface area contributed by atoms with Crippen molar-refractivity contribution < 1.29 is 22.8 Å². The largest absolute Gasteiger partial charge is 0.418 e. The Hall–Kier alpha value is -3.51. The molecule has 13 heteroatoms. The zero-order valence-electron chi connectivity index (χ0n) is 26.3. The van der Waals surface area contributed by atoms with E-state index in [0.29, 0.717) is 50.9 Å². The van der Waals surface area contributed by atoms with Crippen LogP contribution in [0.2, 0.25) is 5.02 Å². The molecule has 3 aliphatic heterocycles. The molecule has 2 aromatic carbocycles. The maximum atomic E-state index is 14.0. The molecule has 0 unspecified atom stereocenters. The summed E-state index contributed by atoms with van der Waals surface area (Å²) in [6, 6.07) is 9.71. The van der Waals surface area contributed by atoms with Crippen LogP contribution < -0.4 is 16.7 Å². The summed E-state index contributed by atoms with van der Waals surface area (Å²) < 4.78 is 43.1. The minimum absolute atomic E-state index is 0.0664. The van der Waals surface area contributed by atoms with Crippen molar-refractivity contribution in [3.8, 4) is 0 Å². The molecule has 3 fully saturated rings. The number of hydrogen-bond donors (Lipinski definition) is 3. The number of aromatic nitrogens is 2. The van der Waals surface area contributed by atoms with Gasteiger partial charge in [-0.1, -0.05) is 23.7 Å². The average molecular weight is 675 g/mol. The molecular formula is C34H42ClF3N6O3. The van der Waals surface area contributed by atoms with Crippen LogP contribution in [0, 0.1) is 17.8 Å². The Bertz CT molecular complexity index is 1650. The second-order valence-corrected chi connectivity index (χ2v) is 13.7. The zero-order valence-corrected chi connectivity index (χ0v) is 27.1.